The first kappa shape index (κ1) is 21.9. The number of carbonyl (C=O) groups is 1. The van der Waals surface area contributed by atoms with E-state index < -0.39 is 0 Å². The predicted octanol–water partition coefficient (Wildman–Crippen LogP) is 7.14. The van der Waals surface area contributed by atoms with Crippen LogP contribution < -0.4 is 0 Å². The maximum atomic E-state index is 13.2. The topological polar surface area (TPSA) is 20.3 Å². The average molecular weight is 444 g/mol. The van der Waals surface area contributed by atoms with Crippen LogP contribution >= 0.6 is 0 Å². The Hall–Kier alpha value is -3.91. The van der Waals surface area contributed by atoms with Crippen molar-refractivity contribution >= 4 is 11.9 Å². The molecule has 0 aromatic heterocycles. The zero-order valence-electron chi connectivity index (χ0n) is 19.3. The molecule has 0 radical (unpaired) electrons. The van der Waals surface area contributed by atoms with Crippen molar-refractivity contribution in [2.75, 3.05) is 6.54 Å². The van der Waals surface area contributed by atoms with Gasteiger partial charge in [-0.1, -0.05) is 115 Å². The van der Waals surface area contributed by atoms with E-state index in [0.717, 1.165) is 24.9 Å². The fraction of sp³-hybridized carbons (Fsp3) is 0.156. The summed E-state index contributed by atoms with van der Waals surface area (Å²) in [4.78, 5) is 15.6. The molecule has 2 nitrogen and oxygen atoms in total. The van der Waals surface area contributed by atoms with Crippen LogP contribution in [0.2, 0.25) is 0 Å². The average Bonchev–Trinajstić information content (AvgIpc) is 3.31. The molecule has 1 unspecified atom stereocenters. The number of hydrogen-bond acceptors (Lipinski definition) is 2. The molecule has 0 aliphatic carbocycles. The SMILES string of the molecule is O=C(c1ccccc1)[C@H]1CC(Cc2ccc(-c3ccccc3)cc2)N(/C=C/c2ccccc2)C1. The van der Waals surface area contributed by atoms with Gasteiger partial charge >= 0.3 is 0 Å². The number of benzene rings is 4. The lowest BCUT2D eigenvalue weighted by molar-refractivity contribution is 0.0925. The molecule has 0 spiro atoms. The van der Waals surface area contributed by atoms with Gasteiger partial charge in [-0.3, -0.25) is 4.79 Å². The molecule has 2 atom stereocenters. The Labute approximate surface area is 202 Å². The normalized spacial score (nSPS) is 17.8. The summed E-state index contributed by atoms with van der Waals surface area (Å²) in [6, 6.07) is 39.7. The number of ketones is 1. The number of rotatable bonds is 7. The third-order valence-corrected chi connectivity index (χ3v) is 6.68. The maximum Gasteiger partial charge on any atom is 0.167 e. The molecule has 0 bridgehead atoms. The standard InChI is InChI=1S/C32H29NO/c34-32(29-14-8-3-9-15-29)30-23-31(33(24-30)21-20-25-10-4-1-5-11-25)22-26-16-18-28(19-17-26)27-12-6-2-7-13-27/h1-21,30-31H,22-24H2/b21-20+/t30-,31?/m0/s1. The van der Waals surface area contributed by atoms with Crippen LogP contribution in [0.3, 0.4) is 0 Å². The van der Waals surface area contributed by atoms with Crippen LogP contribution in [-0.2, 0) is 6.42 Å². The molecule has 0 N–H and O–H groups in total. The second-order valence-electron chi connectivity index (χ2n) is 9.01. The first-order chi connectivity index (χ1) is 16.8. The Balaban J connectivity index is 1.35. The molecule has 1 heterocycles. The third-order valence-electron chi connectivity index (χ3n) is 6.68. The molecule has 34 heavy (non-hydrogen) atoms. The quantitative estimate of drug-likeness (QED) is 0.283. The highest BCUT2D eigenvalue weighted by atomic mass is 16.1. The fourth-order valence-electron chi connectivity index (χ4n) is 4.84. The van der Waals surface area contributed by atoms with E-state index in [1.165, 1.54) is 22.3 Å². The Kier molecular flexibility index (Phi) is 6.67. The van der Waals surface area contributed by atoms with Crippen LogP contribution in [-0.4, -0.2) is 23.3 Å². The highest BCUT2D eigenvalue weighted by Gasteiger charge is 2.34. The van der Waals surface area contributed by atoms with Gasteiger partial charge in [0.15, 0.2) is 5.78 Å². The molecule has 5 rings (SSSR count). The summed E-state index contributed by atoms with van der Waals surface area (Å²) in [7, 11) is 0. The van der Waals surface area contributed by atoms with E-state index in [0.29, 0.717) is 6.04 Å². The Morgan fingerprint density at radius 3 is 2.00 bits per heavy atom. The third kappa shape index (κ3) is 5.18. The van der Waals surface area contributed by atoms with Crippen LogP contribution in [0.25, 0.3) is 17.2 Å². The number of carbonyl (C=O) groups excluding carboxylic acids is 1. The monoisotopic (exact) mass is 443 g/mol. The van der Waals surface area contributed by atoms with Crippen molar-refractivity contribution in [1.82, 2.24) is 4.90 Å². The van der Waals surface area contributed by atoms with Crippen molar-refractivity contribution in [2.45, 2.75) is 18.9 Å². The zero-order chi connectivity index (χ0) is 23.2. The molecule has 1 saturated heterocycles. The lowest BCUT2D eigenvalue weighted by Gasteiger charge is -2.23. The predicted molar refractivity (Wildman–Crippen MR) is 140 cm³/mol. The van der Waals surface area contributed by atoms with Gasteiger partial charge < -0.3 is 4.90 Å². The van der Waals surface area contributed by atoms with Crippen LogP contribution in [0, 0.1) is 5.92 Å². The summed E-state index contributed by atoms with van der Waals surface area (Å²) in [6.45, 7) is 0.754. The first-order valence-corrected chi connectivity index (χ1v) is 12.0. The van der Waals surface area contributed by atoms with Crippen LogP contribution in [0.4, 0.5) is 0 Å². The number of nitrogens with zero attached hydrogens (tertiary/aromatic N) is 1. The van der Waals surface area contributed by atoms with Gasteiger partial charge in [0.05, 0.1) is 0 Å². The van der Waals surface area contributed by atoms with Crippen molar-refractivity contribution in [3.8, 4) is 11.1 Å². The molecule has 0 saturated carbocycles. The Morgan fingerprint density at radius 2 is 1.32 bits per heavy atom. The maximum absolute atomic E-state index is 13.2. The van der Waals surface area contributed by atoms with E-state index in [2.05, 4.69) is 90.0 Å². The van der Waals surface area contributed by atoms with E-state index in [4.69, 9.17) is 0 Å². The lowest BCUT2D eigenvalue weighted by atomic mass is 9.93. The summed E-state index contributed by atoms with van der Waals surface area (Å²) in [5, 5.41) is 0. The van der Waals surface area contributed by atoms with Crippen molar-refractivity contribution in [3.63, 3.8) is 0 Å². The van der Waals surface area contributed by atoms with E-state index in [-0.39, 0.29) is 11.7 Å². The highest BCUT2D eigenvalue weighted by molar-refractivity contribution is 5.98. The van der Waals surface area contributed by atoms with Gasteiger partial charge in [0.1, 0.15) is 0 Å². The zero-order valence-corrected chi connectivity index (χ0v) is 19.3. The molecule has 1 aliphatic rings. The molecule has 1 aliphatic heterocycles. The molecule has 2 heteroatoms. The number of Topliss-reactive ketones (excluding diaryl/α,β-unsaturated/α-hetero) is 1. The minimum Gasteiger partial charge on any atom is -0.373 e. The molecule has 4 aromatic rings. The van der Waals surface area contributed by atoms with Crippen molar-refractivity contribution in [1.29, 1.82) is 0 Å². The first-order valence-electron chi connectivity index (χ1n) is 12.0. The summed E-state index contributed by atoms with van der Waals surface area (Å²) < 4.78 is 0. The summed E-state index contributed by atoms with van der Waals surface area (Å²) >= 11 is 0. The van der Waals surface area contributed by atoms with Gasteiger partial charge in [-0.05, 0) is 47.4 Å². The van der Waals surface area contributed by atoms with Gasteiger partial charge in [0.25, 0.3) is 0 Å². The van der Waals surface area contributed by atoms with Gasteiger partial charge in [-0.15, -0.1) is 0 Å². The smallest absolute Gasteiger partial charge is 0.167 e. The van der Waals surface area contributed by atoms with Gasteiger partial charge in [0, 0.05) is 24.1 Å². The van der Waals surface area contributed by atoms with E-state index >= 15 is 0 Å². The molecule has 4 aromatic carbocycles. The molecule has 168 valence electrons. The highest BCUT2D eigenvalue weighted by Crippen LogP contribution is 2.30. The summed E-state index contributed by atoms with van der Waals surface area (Å²) in [6.07, 6.45) is 6.12. The van der Waals surface area contributed by atoms with Crippen molar-refractivity contribution in [3.05, 3.63) is 138 Å². The summed E-state index contributed by atoms with van der Waals surface area (Å²) in [5.74, 6) is 0.261. The number of likely N-dealkylation sites (tertiary alicyclic amines) is 1. The van der Waals surface area contributed by atoms with Gasteiger partial charge in [-0.25, -0.2) is 0 Å². The lowest BCUT2D eigenvalue weighted by Crippen LogP contribution is -2.26. The second kappa shape index (κ2) is 10.4. The minimum absolute atomic E-state index is 0.0106. The Bertz CT molecular complexity index is 1230. The van der Waals surface area contributed by atoms with Crippen molar-refractivity contribution < 1.29 is 4.79 Å². The van der Waals surface area contributed by atoms with E-state index in [1.807, 2.05) is 42.5 Å². The molecular weight excluding hydrogens is 414 g/mol. The van der Waals surface area contributed by atoms with Crippen molar-refractivity contribution in [2.24, 2.45) is 5.92 Å². The van der Waals surface area contributed by atoms with Gasteiger partial charge in [0.2, 0.25) is 0 Å². The largest absolute Gasteiger partial charge is 0.373 e. The fourth-order valence-corrected chi connectivity index (χ4v) is 4.84. The van der Waals surface area contributed by atoms with Crippen LogP contribution in [0.15, 0.2) is 121 Å². The number of hydrogen-bond donors (Lipinski definition) is 0. The molecule has 0 amide bonds. The second-order valence-corrected chi connectivity index (χ2v) is 9.01. The van der Waals surface area contributed by atoms with E-state index in [9.17, 15) is 4.79 Å². The minimum atomic E-state index is 0.0106. The Morgan fingerprint density at radius 1 is 0.735 bits per heavy atom. The van der Waals surface area contributed by atoms with Crippen LogP contribution in [0.5, 0.6) is 0 Å². The molecular formula is C32H29NO. The molecule has 1 fully saturated rings. The van der Waals surface area contributed by atoms with Gasteiger partial charge in [-0.2, -0.15) is 0 Å². The van der Waals surface area contributed by atoms with E-state index in [1.54, 1.807) is 0 Å². The summed E-state index contributed by atoms with van der Waals surface area (Å²) in [5.41, 5.74) is 5.75. The van der Waals surface area contributed by atoms with Crippen LogP contribution in [0.1, 0.15) is 27.9 Å².